The van der Waals surface area contributed by atoms with Crippen molar-refractivity contribution >= 4 is 28.8 Å². The van der Waals surface area contributed by atoms with Crippen molar-refractivity contribution in [1.29, 1.82) is 0 Å². The second kappa shape index (κ2) is 6.47. The van der Waals surface area contributed by atoms with Crippen molar-refractivity contribution in [3.05, 3.63) is 40.4 Å². The number of carbonyl (C=O) groups is 1. The first-order chi connectivity index (χ1) is 11.7. The van der Waals surface area contributed by atoms with Gasteiger partial charge in [-0.15, -0.1) is 11.3 Å². The number of thiazole rings is 1. The average molecular weight is 363 g/mol. The second-order valence-corrected chi connectivity index (χ2v) is 7.92. The summed E-state index contributed by atoms with van der Waals surface area (Å²) >= 11 is 7.69. The SMILES string of the molecule is O=C(c1csc(-c2ccccc2Cl)n1)N1CCC2(CCCOC2)C1. The Labute approximate surface area is 150 Å². The van der Waals surface area contributed by atoms with Crippen LogP contribution < -0.4 is 0 Å². The van der Waals surface area contributed by atoms with E-state index in [0.717, 1.165) is 56.1 Å². The molecule has 4 rings (SSSR count). The van der Waals surface area contributed by atoms with Gasteiger partial charge in [0.15, 0.2) is 0 Å². The van der Waals surface area contributed by atoms with E-state index in [4.69, 9.17) is 16.3 Å². The fourth-order valence-corrected chi connectivity index (χ4v) is 4.75. The average Bonchev–Trinajstić information content (AvgIpc) is 3.23. The summed E-state index contributed by atoms with van der Waals surface area (Å²) in [5, 5.41) is 3.28. The Hall–Kier alpha value is -1.43. The Kier molecular flexibility index (Phi) is 4.33. The van der Waals surface area contributed by atoms with E-state index in [0.29, 0.717) is 10.7 Å². The zero-order chi connectivity index (χ0) is 16.6. The van der Waals surface area contributed by atoms with Gasteiger partial charge in [0.05, 0.1) is 11.6 Å². The molecule has 1 amide bonds. The van der Waals surface area contributed by atoms with Crippen molar-refractivity contribution in [2.75, 3.05) is 26.3 Å². The summed E-state index contributed by atoms with van der Waals surface area (Å²) in [5.41, 5.74) is 1.56. The molecule has 24 heavy (non-hydrogen) atoms. The molecule has 126 valence electrons. The Morgan fingerprint density at radius 2 is 2.21 bits per heavy atom. The number of hydrogen-bond donors (Lipinski definition) is 0. The maximum atomic E-state index is 12.8. The summed E-state index contributed by atoms with van der Waals surface area (Å²) in [6.07, 6.45) is 3.27. The van der Waals surface area contributed by atoms with Crippen molar-refractivity contribution in [2.45, 2.75) is 19.3 Å². The summed E-state index contributed by atoms with van der Waals surface area (Å²) in [5.74, 6) is 0.0204. The molecule has 1 unspecified atom stereocenters. The quantitative estimate of drug-likeness (QED) is 0.807. The number of rotatable bonds is 2. The minimum atomic E-state index is 0.0204. The molecule has 2 saturated heterocycles. The van der Waals surface area contributed by atoms with E-state index in [1.165, 1.54) is 11.3 Å². The van der Waals surface area contributed by atoms with Gasteiger partial charge in [-0.25, -0.2) is 4.98 Å². The van der Waals surface area contributed by atoms with Crippen LogP contribution in [0.25, 0.3) is 10.6 Å². The molecule has 1 atom stereocenters. The van der Waals surface area contributed by atoms with E-state index in [1.54, 1.807) is 0 Å². The molecule has 2 aromatic rings. The van der Waals surface area contributed by atoms with Crippen LogP contribution >= 0.6 is 22.9 Å². The van der Waals surface area contributed by atoms with Crippen LogP contribution in [0, 0.1) is 5.41 Å². The molecule has 0 aliphatic carbocycles. The first-order valence-corrected chi connectivity index (χ1v) is 9.50. The van der Waals surface area contributed by atoms with Gasteiger partial charge in [0, 0.05) is 36.1 Å². The minimum absolute atomic E-state index is 0.0204. The first kappa shape index (κ1) is 16.1. The Bertz CT molecular complexity index is 755. The summed E-state index contributed by atoms with van der Waals surface area (Å²) < 4.78 is 5.65. The highest BCUT2D eigenvalue weighted by molar-refractivity contribution is 7.13. The van der Waals surface area contributed by atoms with Crippen LogP contribution in [0.15, 0.2) is 29.6 Å². The number of halogens is 1. The lowest BCUT2D eigenvalue weighted by molar-refractivity contribution is -0.00163. The van der Waals surface area contributed by atoms with Crippen LogP contribution in [0.4, 0.5) is 0 Å². The number of likely N-dealkylation sites (tertiary alicyclic amines) is 1. The summed E-state index contributed by atoms with van der Waals surface area (Å²) in [6.45, 7) is 3.20. The lowest BCUT2D eigenvalue weighted by Crippen LogP contribution is -2.37. The second-order valence-electron chi connectivity index (χ2n) is 6.65. The van der Waals surface area contributed by atoms with Gasteiger partial charge in [0.2, 0.25) is 0 Å². The molecule has 1 aromatic heterocycles. The molecule has 0 saturated carbocycles. The topological polar surface area (TPSA) is 42.4 Å². The van der Waals surface area contributed by atoms with Crippen molar-refractivity contribution < 1.29 is 9.53 Å². The molecule has 0 N–H and O–H groups in total. The highest BCUT2D eigenvalue weighted by Crippen LogP contribution is 2.39. The van der Waals surface area contributed by atoms with E-state index < -0.39 is 0 Å². The number of amides is 1. The van der Waals surface area contributed by atoms with E-state index in [-0.39, 0.29) is 11.3 Å². The third kappa shape index (κ3) is 2.96. The van der Waals surface area contributed by atoms with Gasteiger partial charge in [-0.05, 0) is 25.3 Å². The lowest BCUT2D eigenvalue weighted by atomic mass is 9.82. The number of carbonyl (C=O) groups excluding carboxylic acids is 1. The predicted molar refractivity (Wildman–Crippen MR) is 95.6 cm³/mol. The van der Waals surface area contributed by atoms with Gasteiger partial charge in [-0.3, -0.25) is 4.79 Å². The molecule has 2 fully saturated rings. The van der Waals surface area contributed by atoms with Gasteiger partial charge in [-0.1, -0.05) is 29.8 Å². The number of benzene rings is 1. The smallest absolute Gasteiger partial charge is 0.273 e. The number of nitrogens with zero attached hydrogens (tertiary/aromatic N) is 2. The monoisotopic (exact) mass is 362 g/mol. The lowest BCUT2D eigenvalue weighted by Gasteiger charge is -2.32. The van der Waals surface area contributed by atoms with Gasteiger partial charge in [-0.2, -0.15) is 0 Å². The third-order valence-corrected chi connectivity index (χ3v) is 6.16. The summed E-state index contributed by atoms with van der Waals surface area (Å²) in [4.78, 5) is 19.3. The van der Waals surface area contributed by atoms with E-state index >= 15 is 0 Å². The van der Waals surface area contributed by atoms with Crippen molar-refractivity contribution in [2.24, 2.45) is 5.41 Å². The van der Waals surface area contributed by atoms with E-state index in [1.807, 2.05) is 34.5 Å². The maximum absolute atomic E-state index is 12.8. The van der Waals surface area contributed by atoms with Crippen LogP contribution in [-0.4, -0.2) is 42.1 Å². The molecule has 4 nitrogen and oxygen atoms in total. The van der Waals surface area contributed by atoms with Crippen molar-refractivity contribution in [3.63, 3.8) is 0 Å². The summed E-state index contributed by atoms with van der Waals surface area (Å²) in [7, 11) is 0. The zero-order valence-electron chi connectivity index (χ0n) is 13.3. The fourth-order valence-electron chi connectivity index (χ4n) is 3.63. The molecule has 0 radical (unpaired) electrons. The molecular weight excluding hydrogens is 344 g/mol. The number of aromatic nitrogens is 1. The van der Waals surface area contributed by atoms with Gasteiger partial charge >= 0.3 is 0 Å². The fraction of sp³-hybridized carbons (Fsp3) is 0.444. The molecule has 1 aromatic carbocycles. The van der Waals surface area contributed by atoms with Crippen LogP contribution in [-0.2, 0) is 4.74 Å². The number of hydrogen-bond acceptors (Lipinski definition) is 4. The standard InChI is InChI=1S/C18H19ClN2O2S/c19-14-5-2-1-4-13(14)16-20-15(10-24-16)17(22)21-8-7-18(11-21)6-3-9-23-12-18/h1-2,4-5,10H,3,6-9,11-12H2. The Morgan fingerprint density at radius 3 is 3.00 bits per heavy atom. The highest BCUT2D eigenvalue weighted by atomic mass is 35.5. The molecule has 2 aliphatic heterocycles. The largest absolute Gasteiger partial charge is 0.381 e. The van der Waals surface area contributed by atoms with E-state index in [2.05, 4.69) is 4.98 Å². The van der Waals surface area contributed by atoms with Crippen LogP contribution in [0.3, 0.4) is 0 Å². The normalized spacial score (nSPS) is 23.8. The zero-order valence-corrected chi connectivity index (χ0v) is 14.9. The molecular formula is C18H19ClN2O2S. The Balaban J connectivity index is 1.51. The predicted octanol–water partition coefficient (Wildman–Crippen LogP) is 4.11. The number of ether oxygens (including phenoxy) is 1. The van der Waals surface area contributed by atoms with Crippen LogP contribution in [0.5, 0.6) is 0 Å². The summed E-state index contributed by atoms with van der Waals surface area (Å²) in [6, 6.07) is 7.59. The van der Waals surface area contributed by atoms with Crippen LogP contribution in [0.2, 0.25) is 5.02 Å². The molecule has 0 bridgehead atoms. The maximum Gasteiger partial charge on any atom is 0.273 e. The van der Waals surface area contributed by atoms with Gasteiger partial charge in [0.1, 0.15) is 10.7 Å². The van der Waals surface area contributed by atoms with E-state index in [9.17, 15) is 4.79 Å². The first-order valence-electron chi connectivity index (χ1n) is 8.24. The van der Waals surface area contributed by atoms with Crippen molar-refractivity contribution in [1.82, 2.24) is 9.88 Å². The molecule has 2 aliphatic rings. The van der Waals surface area contributed by atoms with Crippen LogP contribution in [0.1, 0.15) is 29.8 Å². The van der Waals surface area contributed by atoms with Gasteiger partial charge < -0.3 is 9.64 Å². The highest BCUT2D eigenvalue weighted by Gasteiger charge is 2.41. The van der Waals surface area contributed by atoms with Gasteiger partial charge in [0.25, 0.3) is 5.91 Å². The molecule has 3 heterocycles. The molecule has 6 heteroatoms. The third-order valence-electron chi connectivity index (χ3n) is 4.96. The Morgan fingerprint density at radius 1 is 1.33 bits per heavy atom. The van der Waals surface area contributed by atoms with Crippen molar-refractivity contribution in [3.8, 4) is 10.6 Å². The molecule has 1 spiro atoms. The minimum Gasteiger partial charge on any atom is -0.381 e.